The van der Waals surface area contributed by atoms with Gasteiger partial charge >= 0.3 is 5.97 Å². The zero-order valence-corrected chi connectivity index (χ0v) is 42.4. The van der Waals surface area contributed by atoms with E-state index in [1.165, 1.54) is 11.1 Å². The number of ether oxygens (including phenoxy) is 1. The molecule has 2 aliphatic heterocycles. The first-order valence-corrected chi connectivity index (χ1v) is 27.7. The number of nitrogen functional groups attached to an aromatic ring is 1. The van der Waals surface area contributed by atoms with Gasteiger partial charge in [0.05, 0.1) is 29.4 Å². The van der Waals surface area contributed by atoms with Crippen molar-refractivity contribution in [3.63, 3.8) is 0 Å². The number of fused-ring (bicyclic) bond motifs is 6. The highest BCUT2D eigenvalue weighted by molar-refractivity contribution is 8.03. The van der Waals surface area contributed by atoms with Crippen molar-refractivity contribution in [1.82, 2.24) is 0 Å². The molecule has 8 rings (SSSR count). The molecule has 4 N–H and O–H groups in total. The Bertz CT molecular complexity index is 3200. The van der Waals surface area contributed by atoms with E-state index in [4.69, 9.17) is 10.5 Å². The summed E-state index contributed by atoms with van der Waals surface area (Å²) >= 11 is 1.63. The van der Waals surface area contributed by atoms with Gasteiger partial charge in [-0.2, -0.15) is 21.4 Å². The van der Waals surface area contributed by atoms with Crippen LogP contribution in [0.2, 0.25) is 0 Å². The Morgan fingerprint density at radius 1 is 0.768 bits per heavy atom. The standard InChI is InChI=1S/C55H61N3O8S3/c1-6-66-53(59)41-35-39(21-29-48-54(2,3)50-44-17-9-7-15-37(44)19-27-46(50)57(48)31-11-13-33-68(60,61)62)52(67-43-25-23-42(56)24-26-43)40(36-41)22-30-49-55(4,5)51-45-18-10-8-16-38(45)20-28-47(51)58(49)32-12-14-34-69(63,64)65/h7-10,15-30,41H,6,11-14,31-36,56H2,1-5H3,(H-,60,61,62,63,64,65)/p+1. The predicted octanol–water partition coefficient (Wildman–Crippen LogP) is 11.5. The van der Waals surface area contributed by atoms with Crippen molar-refractivity contribution in [3.8, 4) is 0 Å². The van der Waals surface area contributed by atoms with E-state index >= 15 is 0 Å². The van der Waals surface area contributed by atoms with E-state index in [0.29, 0.717) is 57.3 Å². The van der Waals surface area contributed by atoms with Gasteiger partial charge in [-0.15, -0.1) is 0 Å². The van der Waals surface area contributed by atoms with Gasteiger partial charge in [-0.05, 0) is 134 Å². The summed E-state index contributed by atoms with van der Waals surface area (Å²) in [7, 11) is -8.23. The first-order valence-electron chi connectivity index (χ1n) is 23.7. The van der Waals surface area contributed by atoms with E-state index in [-0.39, 0.29) is 24.1 Å². The number of unbranched alkanes of at least 4 members (excludes halogenated alkanes) is 2. The van der Waals surface area contributed by atoms with Crippen LogP contribution in [0.3, 0.4) is 0 Å². The number of carbonyl (C=O) groups is 1. The smallest absolute Gasteiger partial charge is 0.309 e. The molecule has 11 nitrogen and oxygen atoms in total. The van der Waals surface area contributed by atoms with Gasteiger partial charge in [-0.1, -0.05) is 92.4 Å². The SMILES string of the molecule is CCOC(=O)C1CC(=CC=C2N(CCCCS(=O)(=O)O)c3ccc4ccccc4c3C2(C)C)C(Sc2ccc(N)cc2)=C(C=CC2=[N+](CCCCS(=O)(=O)O)c3ccc4ccccc4c3C2(C)C)C1. The quantitative estimate of drug-likeness (QED) is 0.0267. The molecule has 362 valence electrons. The van der Waals surface area contributed by atoms with Crippen molar-refractivity contribution in [2.24, 2.45) is 5.92 Å². The van der Waals surface area contributed by atoms with E-state index in [1.54, 1.807) is 11.8 Å². The second-order valence-corrected chi connectivity index (χ2v) is 23.5. The van der Waals surface area contributed by atoms with Crippen molar-refractivity contribution >= 4 is 82.3 Å². The van der Waals surface area contributed by atoms with Crippen LogP contribution in [0.5, 0.6) is 0 Å². The number of anilines is 2. The molecule has 3 aliphatic rings. The molecule has 0 fully saturated rings. The molecule has 0 bridgehead atoms. The summed E-state index contributed by atoms with van der Waals surface area (Å²) in [4.78, 5) is 18.2. The highest BCUT2D eigenvalue weighted by Crippen LogP contribution is 2.52. The zero-order chi connectivity index (χ0) is 49.3. The number of nitrogens with two attached hydrogens (primary N) is 1. The molecule has 5 aromatic carbocycles. The van der Waals surface area contributed by atoms with Crippen LogP contribution in [0.25, 0.3) is 21.5 Å². The Morgan fingerprint density at radius 2 is 1.39 bits per heavy atom. The molecule has 0 spiro atoms. The monoisotopic (exact) mass is 988 g/mol. The summed E-state index contributed by atoms with van der Waals surface area (Å²) in [6, 6.07) is 33.0. The Kier molecular flexibility index (Phi) is 14.5. The largest absolute Gasteiger partial charge is 0.466 e. The Morgan fingerprint density at radius 3 is 2.04 bits per heavy atom. The Balaban J connectivity index is 1.29. The highest BCUT2D eigenvalue weighted by Gasteiger charge is 2.46. The fraction of sp³-hybridized carbons (Fsp3) is 0.345. The van der Waals surface area contributed by atoms with Crippen LogP contribution < -0.4 is 10.6 Å². The van der Waals surface area contributed by atoms with Crippen molar-refractivity contribution < 1.29 is 40.0 Å². The minimum Gasteiger partial charge on any atom is -0.466 e. The number of hydrogen-bond acceptors (Lipinski definition) is 9. The summed E-state index contributed by atoms with van der Waals surface area (Å²) in [6.45, 7) is 12.0. The third-order valence-electron chi connectivity index (χ3n) is 13.7. The number of benzene rings is 5. The lowest BCUT2D eigenvalue weighted by molar-refractivity contribution is -0.438. The minimum atomic E-state index is -4.11. The van der Waals surface area contributed by atoms with Crippen LogP contribution in [0.4, 0.5) is 17.1 Å². The van der Waals surface area contributed by atoms with Crippen LogP contribution in [0.15, 0.2) is 148 Å². The zero-order valence-electron chi connectivity index (χ0n) is 39.9. The summed E-state index contributed by atoms with van der Waals surface area (Å²) in [5.41, 5.74) is 14.3. The maximum absolute atomic E-state index is 13.9. The normalized spacial score (nSPS) is 19.1. The molecule has 69 heavy (non-hydrogen) atoms. The van der Waals surface area contributed by atoms with Crippen LogP contribution in [-0.4, -0.2) is 73.4 Å². The van der Waals surface area contributed by atoms with E-state index < -0.39 is 37.0 Å². The van der Waals surface area contributed by atoms with E-state index in [0.717, 1.165) is 65.3 Å². The lowest BCUT2D eigenvalue weighted by Gasteiger charge is -2.29. The first-order chi connectivity index (χ1) is 32.8. The molecule has 0 saturated carbocycles. The van der Waals surface area contributed by atoms with Crippen molar-refractivity contribution in [2.45, 2.75) is 88.9 Å². The average Bonchev–Trinajstić information content (AvgIpc) is 3.66. The van der Waals surface area contributed by atoms with Crippen LogP contribution in [-0.2, 0) is 40.6 Å². The summed E-state index contributed by atoms with van der Waals surface area (Å²) in [6.07, 6.45) is 11.1. The lowest BCUT2D eigenvalue weighted by atomic mass is 9.78. The molecule has 0 radical (unpaired) electrons. The molecule has 0 amide bonds. The molecular weight excluding hydrogens is 927 g/mol. The van der Waals surface area contributed by atoms with Gasteiger partial charge in [0, 0.05) is 63.0 Å². The summed E-state index contributed by atoms with van der Waals surface area (Å²) < 4.78 is 74.0. The second kappa shape index (κ2) is 20.1. The topological polar surface area (TPSA) is 167 Å². The van der Waals surface area contributed by atoms with E-state index in [9.17, 15) is 30.7 Å². The van der Waals surface area contributed by atoms with Crippen LogP contribution in [0.1, 0.15) is 84.3 Å². The van der Waals surface area contributed by atoms with E-state index in [2.05, 4.69) is 110 Å². The number of esters is 1. The number of hydrogen-bond donors (Lipinski definition) is 3. The molecule has 0 aromatic heterocycles. The number of carbonyl (C=O) groups excluding carboxylic acids is 1. The summed E-state index contributed by atoms with van der Waals surface area (Å²) in [5, 5.41) is 4.53. The Labute approximate surface area is 411 Å². The fourth-order valence-corrected chi connectivity index (χ4v) is 12.7. The van der Waals surface area contributed by atoms with Crippen LogP contribution in [0, 0.1) is 5.92 Å². The van der Waals surface area contributed by atoms with Gasteiger partial charge in [0.25, 0.3) is 20.2 Å². The Hall–Kier alpha value is -5.51. The molecule has 1 unspecified atom stereocenters. The maximum atomic E-state index is 13.9. The molecule has 1 atom stereocenters. The second-order valence-electron chi connectivity index (χ2n) is 19.2. The summed E-state index contributed by atoms with van der Waals surface area (Å²) in [5.74, 6) is -1.37. The number of thioether (sulfide) groups is 1. The molecule has 2 heterocycles. The third kappa shape index (κ3) is 10.8. The lowest BCUT2D eigenvalue weighted by Crippen LogP contribution is -2.28. The van der Waals surface area contributed by atoms with Gasteiger partial charge in [0.1, 0.15) is 6.54 Å². The van der Waals surface area contributed by atoms with Crippen molar-refractivity contribution in [3.05, 3.63) is 154 Å². The fourth-order valence-electron chi connectivity index (χ4n) is 10.5. The number of nitrogens with zero attached hydrogens (tertiary/aromatic N) is 2. The average molecular weight is 989 g/mol. The van der Waals surface area contributed by atoms with Gasteiger partial charge in [-0.3, -0.25) is 13.9 Å². The molecule has 0 saturated heterocycles. The third-order valence-corrected chi connectivity index (χ3v) is 16.5. The van der Waals surface area contributed by atoms with Crippen LogP contribution >= 0.6 is 11.8 Å². The van der Waals surface area contributed by atoms with E-state index in [1.807, 2.05) is 55.5 Å². The van der Waals surface area contributed by atoms with Gasteiger partial charge in [0.2, 0.25) is 5.69 Å². The molecule has 14 heteroatoms. The first kappa shape index (κ1) is 49.9. The molecule has 5 aromatic rings. The molecule has 1 aliphatic carbocycles. The van der Waals surface area contributed by atoms with Gasteiger partial charge in [0.15, 0.2) is 5.71 Å². The molecular formula is C55H62N3O8S3+. The van der Waals surface area contributed by atoms with Crippen molar-refractivity contribution in [2.75, 3.05) is 41.8 Å². The maximum Gasteiger partial charge on any atom is 0.309 e. The van der Waals surface area contributed by atoms with Crippen molar-refractivity contribution in [1.29, 1.82) is 0 Å². The van der Waals surface area contributed by atoms with Gasteiger partial charge in [-0.25, -0.2) is 0 Å². The minimum absolute atomic E-state index is 0.248. The highest BCUT2D eigenvalue weighted by atomic mass is 32.2. The number of rotatable bonds is 17. The number of allylic oxidation sites excluding steroid dienone is 7. The predicted molar refractivity (Wildman–Crippen MR) is 281 cm³/mol. The van der Waals surface area contributed by atoms with Gasteiger partial charge < -0.3 is 15.4 Å².